The second-order valence-electron chi connectivity index (χ2n) is 7.47. The first kappa shape index (κ1) is 20.3. The third kappa shape index (κ3) is 4.02. The Morgan fingerprint density at radius 2 is 2.06 bits per heavy atom. The number of urea groups is 1. The summed E-state index contributed by atoms with van der Waals surface area (Å²) in [5.74, 6) is 0.603. The molecule has 158 valence electrons. The smallest absolute Gasteiger partial charge is 0.328 e. The standard InChI is InChI=1S/C21H20N6O4/c22-9-15-10-23-18(8-17(15)29)25-21(31)27-6-1-3-13-7-14(16(12-28)24-20(13)27)11-26-5-2-4-19(26)30/h7-8,10,12H,1-6,11H2,(H2,23,25,29,31). The number of likely N-dealkylation sites (tertiary alicyclic amines) is 1. The van der Waals surface area contributed by atoms with Crippen LogP contribution in [0.1, 0.15) is 46.4 Å². The Morgan fingerprint density at radius 1 is 1.26 bits per heavy atom. The van der Waals surface area contributed by atoms with Crippen LogP contribution in [0.15, 0.2) is 23.1 Å². The van der Waals surface area contributed by atoms with Gasteiger partial charge in [-0.3, -0.25) is 24.6 Å². The lowest BCUT2D eigenvalue weighted by atomic mass is 10.0. The van der Waals surface area contributed by atoms with Crippen LogP contribution in [-0.4, -0.2) is 46.2 Å². The monoisotopic (exact) mass is 420 g/mol. The van der Waals surface area contributed by atoms with Gasteiger partial charge in [-0.1, -0.05) is 0 Å². The molecule has 2 aromatic rings. The number of rotatable bonds is 4. The largest absolute Gasteiger partial charge is 0.347 e. The van der Waals surface area contributed by atoms with Crippen LogP contribution in [0, 0.1) is 11.3 Å². The van der Waals surface area contributed by atoms with Gasteiger partial charge in [0.15, 0.2) is 6.29 Å². The fraction of sp³-hybridized carbons (Fsp3) is 0.333. The summed E-state index contributed by atoms with van der Waals surface area (Å²) in [6, 6.07) is 4.25. The van der Waals surface area contributed by atoms with Crippen LogP contribution < -0.4 is 15.6 Å². The first-order valence-electron chi connectivity index (χ1n) is 9.97. The molecule has 1 fully saturated rings. The van der Waals surface area contributed by atoms with Crippen molar-refractivity contribution in [1.29, 1.82) is 5.26 Å². The van der Waals surface area contributed by atoms with Gasteiger partial charge >= 0.3 is 6.03 Å². The molecule has 2 aliphatic rings. The third-order valence-corrected chi connectivity index (χ3v) is 5.44. The second-order valence-corrected chi connectivity index (χ2v) is 7.47. The minimum absolute atomic E-state index is 0.0531. The molecule has 0 aliphatic carbocycles. The molecular formula is C21H20N6O4. The van der Waals surface area contributed by atoms with Crippen molar-refractivity contribution in [3.05, 3.63) is 50.9 Å². The molecule has 0 spiro atoms. The number of pyridine rings is 2. The van der Waals surface area contributed by atoms with Crippen LogP contribution in [0.25, 0.3) is 0 Å². The van der Waals surface area contributed by atoms with Crippen molar-refractivity contribution in [1.82, 2.24) is 14.9 Å². The van der Waals surface area contributed by atoms with Crippen LogP contribution in [-0.2, 0) is 17.8 Å². The lowest BCUT2D eigenvalue weighted by Gasteiger charge is -2.29. The number of aromatic nitrogens is 2. The van der Waals surface area contributed by atoms with Crippen LogP contribution in [0.3, 0.4) is 0 Å². The summed E-state index contributed by atoms with van der Waals surface area (Å²) in [5, 5.41) is 11.5. The summed E-state index contributed by atoms with van der Waals surface area (Å²) < 4.78 is 0. The number of hydrogen-bond acceptors (Lipinski definition) is 6. The molecule has 2 aromatic heterocycles. The Kier molecular flexibility index (Phi) is 5.49. The summed E-state index contributed by atoms with van der Waals surface area (Å²) >= 11 is 0. The highest BCUT2D eigenvalue weighted by molar-refractivity contribution is 6.01. The normalized spacial score (nSPS) is 15.4. The fourth-order valence-electron chi connectivity index (χ4n) is 3.87. The highest BCUT2D eigenvalue weighted by Gasteiger charge is 2.28. The van der Waals surface area contributed by atoms with E-state index in [1.165, 1.54) is 11.1 Å². The van der Waals surface area contributed by atoms with Gasteiger partial charge in [0.25, 0.3) is 0 Å². The van der Waals surface area contributed by atoms with Gasteiger partial charge in [-0.25, -0.2) is 9.78 Å². The molecule has 2 aliphatic heterocycles. The zero-order valence-corrected chi connectivity index (χ0v) is 16.7. The number of carbonyl (C=O) groups excluding carboxylic acids is 3. The zero-order chi connectivity index (χ0) is 22.0. The third-order valence-electron chi connectivity index (χ3n) is 5.44. The molecule has 3 amide bonds. The van der Waals surface area contributed by atoms with Gasteiger partial charge in [0.05, 0.1) is 0 Å². The number of nitriles is 1. The lowest BCUT2D eigenvalue weighted by molar-refractivity contribution is -0.128. The van der Waals surface area contributed by atoms with Crippen molar-refractivity contribution in [3.8, 4) is 6.07 Å². The van der Waals surface area contributed by atoms with Gasteiger partial charge < -0.3 is 9.88 Å². The molecule has 4 rings (SSSR count). The molecule has 0 radical (unpaired) electrons. The predicted molar refractivity (Wildman–Crippen MR) is 111 cm³/mol. The Hall–Kier alpha value is -4.00. The number of aldehydes is 1. The molecule has 10 heteroatoms. The number of hydrogen-bond donors (Lipinski definition) is 2. The van der Waals surface area contributed by atoms with Gasteiger partial charge in [-0.15, -0.1) is 0 Å². The first-order chi connectivity index (χ1) is 15.0. The number of carbonyl (C=O) groups is 3. The summed E-state index contributed by atoms with van der Waals surface area (Å²) in [6.45, 7) is 1.38. The number of aromatic amines is 1. The summed E-state index contributed by atoms with van der Waals surface area (Å²) in [4.78, 5) is 58.6. The highest BCUT2D eigenvalue weighted by atomic mass is 16.2. The molecular weight excluding hydrogens is 400 g/mol. The molecule has 1 saturated heterocycles. The number of fused-ring (bicyclic) bond motifs is 1. The van der Waals surface area contributed by atoms with E-state index in [4.69, 9.17) is 5.26 Å². The number of nitrogens with one attached hydrogen (secondary N) is 2. The number of nitrogens with zero attached hydrogens (tertiary/aromatic N) is 4. The predicted octanol–water partition coefficient (Wildman–Crippen LogP) is 1.56. The van der Waals surface area contributed by atoms with E-state index in [1.807, 2.05) is 6.07 Å². The summed E-state index contributed by atoms with van der Waals surface area (Å²) in [6.07, 6.45) is 4.59. The molecule has 0 bridgehead atoms. The van der Waals surface area contributed by atoms with E-state index in [9.17, 15) is 19.2 Å². The van der Waals surface area contributed by atoms with E-state index in [-0.39, 0.29) is 23.0 Å². The number of amides is 3. The summed E-state index contributed by atoms with van der Waals surface area (Å²) in [7, 11) is 0. The van der Waals surface area contributed by atoms with E-state index < -0.39 is 11.5 Å². The maximum atomic E-state index is 12.8. The Morgan fingerprint density at radius 3 is 2.74 bits per heavy atom. The van der Waals surface area contributed by atoms with Crippen LogP contribution in [0.2, 0.25) is 0 Å². The minimum atomic E-state index is -0.506. The quantitative estimate of drug-likeness (QED) is 0.720. The van der Waals surface area contributed by atoms with Gasteiger partial charge in [-0.05, 0) is 30.9 Å². The van der Waals surface area contributed by atoms with Crippen molar-refractivity contribution in [3.63, 3.8) is 0 Å². The second kappa shape index (κ2) is 8.39. The maximum Gasteiger partial charge on any atom is 0.328 e. The van der Waals surface area contributed by atoms with E-state index in [1.54, 1.807) is 11.0 Å². The molecule has 0 aromatic carbocycles. The molecule has 4 heterocycles. The zero-order valence-electron chi connectivity index (χ0n) is 16.7. The molecule has 0 atom stereocenters. The first-order valence-corrected chi connectivity index (χ1v) is 9.97. The number of aryl methyl sites for hydroxylation is 1. The number of anilines is 2. The van der Waals surface area contributed by atoms with E-state index in [0.29, 0.717) is 56.6 Å². The topological polar surface area (TPSA) is 139 Å². The maximum absolute atomic E-state index is 12.8. The average molecular weight is 420 g/mol. The van der Waals surface area contributed by atoms with Gasteiger partial charge in [0.1, 0.15) is 29.0 Å². The van der Waals surface area contributed by atoms with E-state index >= 15 is 0 Å². The summed E-state index contributed by atoms with van der Waals surface area (Å²) in [5.41, 5.74) is 1.13. The minimum Gasteiger partial charge on any atom is -0.347 e. The van der Waals surface area contributed by atoms with Crippen LogP contribution in [0.5, 0.6) is 0 Å². The van der Waals surface area contributed by atoms with Crippen LogP contribution >= 0.6 is 0 Å². The lowest BCUT2D eigenvalue weighted by Crippen LogP contribution is -2.40. The van der Waals surface area contributed by atoms with Gasteiger partial charge in [0.2, 0.25) is 11.3 Å². The molecule has 0 saturated carbocycles. The molecule has 31 heavy (non-hydrogen) atoms. The van der Waals surface area contributed by atoms with Gasteiger partial charge in [-0.2, -0.15) is 5.26 Å². The van der Waals surface area contributed by atoms with Crippen molar-refractivity contribution in [2.75, 3.05) is 23.3 Å². The van der Waals surface area contributed by atoms with E-state index in [2.05, 4.69) is 15.3 Å². The van der Waals surface area contributed by atoms with Crippen molar-refractivity contribution in [2.45, 2.75) is 32.2 Å². The van der Waals surface area contributed by atoms with Crippen molar-refractivity contribution < 1.29 is 14.4 Å². The Bertz CT molecular complexity index is 1170. The Balaban J connectivity index is 1.59. The SMILES string of the molecule is N#Cc1c[nH]c(NC(=O)N2CCCc3cc(CN4CCCC4=O)c(C=O)nc32)cc1=O. The van der Waals surface area contributed by atoms with Gasteiger partial charge in [0, 0.05) is 43.9 Å². The Labute approximate surface area is 177 Å². The van der Waals surface area contributed by atoms with Crippen molar-refractivity contribution >= 4 is 29.9 Å². The fourth-order valence-corrected chi connectivity index (χ4v) is 3.87. The van der Waals surface area contributed by atoms with Crippen molar-refractivity contribution in [2.24, 2.45) is 0 Å². The average Bonchev–Trinajstić information content (AvgIpc) is 3.17. The van der Waals surface area contributed by atoms with E-state index in [0.717, 1.165) is 18.1 Å². The molecule has 2 N–H and O–H groups in total. The molecule has 0 unspecified atom stereocenters. The van der Waals surface area contributed by atoms with Crippen LogP contribution in [0.4, 0.5) is 16.4 Å². The molecule has 10 nitrogen and oxygen atoms in total. The highest BCUT2D eigenvalue weighted by Crippen LogP contribution is 2.28. The number of H-pyrrole nitrogens is 1.